The predicted octanol–water partition coefficient (Wildman–Crippen LogP) is 2.54. The third-order valence-electron chi connectivity index (χ3n) is 1.16. The number of carbonyl (C=O) groups is 1. The van der Waals surface area contributed by atoms with E-state index in [0.29, 0.717) is 0 Å². The third kappa shape index (κ3) is 8.69. The molecule has 0 radical (unpaired) electrons. The van der Waals surface area contributed by atoms with E-state index in [9.17, 15) is 4.79 Å². The summed E-state index contributed by atoms with van der Waals surface area (Å²) in [4.78, 5) is 10.00. The molecule has 0 aliphatic heterocycles. The summed E-state index contributed by atoms with van der Waals surface area (Å²) in [6.07, 6.45) is 12.3. The minimum absolute atomic E-state index is 0.859. The number of allylic oxidation sites excluding steroid dienone is 5. The molecule has 66 valence electrons. The topological polar surface area (TPSA) is 37.3 Å². The van der Waals surface area contributed by atoms with Crippen LogP contribution in [0.2, 0.25) is 0 Å². The van der Waals surface area contributed by atoms with Crippen LogP contribution in [0.1, 0.15) is 19.8 Å². The zero-order valence-corrected chi connectivity index (χ0v) is 7.23. The Labute approximate surface area is 72.9 Å². The first-order valence-corrected chi connectivity index (χ1v) is 3.98. The van der Waals surface area contributed by atoms with Gasteiger partial charge in [-0.3, -0.25) is 0 Å². The fourth-order valence-electron chi connectivity index (χ4n) is 0.636. The smallest absolute Gasteiger partial charge is 0.328 e. The van der Waals surface area contributed by atoms with Gasteiger partial charge in [-0.25, -0.2) is 4.79 Å². The molecule has 0 amide bonds. The van der Waals surface area contributed by atoms with Crippen molar-refractivity contribution in [3.63, 3.8) is 0 Å². The monoisotopic (exact) mass is 166 g/mol. The van der Waals surface area contributed by atoms with Crippen molar-refractivity contribution in [2.45, 2.75) is 19.8 Å². The minimum atomic E-state index is -0.913. The largest absolute Gasteiger partial charge is 0.478 e. The maximum Gasteiger partial charge on any atom is 0.328 e. The van der Waals surface area contributed by atoms with Gasteiger partial charge in [0.25, 0.3) is 0 Å². The van der Waals surface area contributed by atoms with Gasteiger partial charge in [-0.05, 0) is 12.8 Å². The van der Waals surface area contributed by atoms with Crippen LogP contribution in [0.25, 0.3) is 0 Å². The molecule has 0 fully saturated rings. The summed E-state index contributed by atoms with van der Waals surface area (Å²) in [6.45, 7) is 2.07. The summed E-state index contributed by atoms with van der Waals surface area (Å²) in [7, 11) is 0. The number of hydrogen-bond donors (Lipinski definition) is 1. The molecule has 0 heterocycles. The molecule has 0 saturated carbocycles. The van der Waals surface area contributed by atoms with E-state index in [1.165, 1.54) is 6.08 Å². The van der Waals surface area contributed by atoms with Crippen LogP contribution in [0, 0.1) is 0 Å². The van der Waals surface area contributed by atoms with Crippen LogP contribution < -0.4 is 0 Å². The summed E-state index contributed by atoms with van der Waals surface area (Å²) in [6, 6.07) is 0. The maximum absolute atomic E-state index is 10.00. The molecule has 0 bridgehead atoms. The van der Waals surface area contributed by atoms with Crippen LogP contribution in [-0.4, -0.2) is 11.1 Å². The van der Waals surface area contributed by atoms with Crippen molar-refractivity contribution >= 4 is 5.97 Å². The molecule has 2 heteroatoms. The van der Waals surface area contributed by atoms with Crippen molar-refractivity contribution in [3.05, 3.63) is 36.5 Å². The average Bonchev–Trinajstić information content (AvgIpc) is 2.02. The lowest BCUT2D eigenvalue weighted by molar-refractivity contribution is -0.131. The van der Waals surface area contributed by atoms with E-state index < -0.39 is 5.97 Å². The molecular weight excluding hydrogens is 152 g/mol. The molecule has 0 aromatic carbocycles. The van der Waals surface area contributed by atoms with Gasteiger partial charge in [0.2, 0.25) is 0 Å². The van der Waals surface area contributed by atoms with Crippen LogP contribution in [0.4, 0.5) is 0 Å². The number of hydrogen-bond acceptors (Lipinski definition) is 1. The fourth-order valence-corrected chi connectivity index (χ4v) is 0.636. The molecule has 0 aromatic heterocycles. The van der Waals surface area contributed by atoms with E-state index in [1.807, 2.05) is 12.2 Å². The molecule has 1 N–H and O–H groups in total. The highest BCUT2D eigenvalue weighted by Crippen LogP contribution is 1.88. The Morgan fingerprint density at radius 3 is 2.58 bits per heavy atom. The van der Waals surface area contributed by atoms with Crippen molar-refractivity contribution in [1.82, 2.24) is 0 Å². The second-order valence-corrected chi connectivity index (χ2v) is 2.24. The highest BCUT2D eigenvalue weighted by molar-refractivity contribution is 5.80. The maximum atomic E-state index is 10.00. The first-order valence-electron chi connectivity index (χ1n) is 3.98. The molecule has 0 aromatic rings. The Bertz CT molecular complexity index is 200. The van der Waals surface area contributed by atoms with E-state index in [4.69, 9.17) is 5.11 Å². The van der Waals surface area contributed by atoms with Crippen LogP contribution in [-0.2, 0) is 4.79 Å². The molecule has 0 spiro atoms. The van der Waals surface area contributed by atoms with Gasteiger partial charge in [0.1, 0.15) is 0 Å². The first kappa shape index (κ1) is 10.7. The van der Waals surface area contributed by atoms with Crippen molar-refractivity contribution in [2.24, 2.45) is 0 Å². The zero-order chi connectivity index (χ0) is 9.23. The highest BCUT2D eigenvalue weighted by atomic mass is 16.4. The second kappa shape index (κ2) is 7.79. The Morgan fingerprint density at radius 1 is 1.25 bits per heavy atom. The molecular formula is C10H14O2. The van der Waals surface area contributed by atoms with E-state index in [2.05, 4.69) is 13.0 Å². The van der Waals surface area contributed by atoms with Crippen molar-refractivity contribution < 1.29 is 9.90 Å². The first-order chi connectivity index (χ1) is 5.77. The van der Waals surface area contributed by atoms with E-state index >= 15 is 0 Å². The third-order valence-corrected chi connectivity index (χ3v) is 1.16. The van der Waals surface area contributed by atoms with Gasteiger partial charge < -0.3 is 5.11 Å². The van der Waals surface area contributed by atoms with Crippen molar-refractivity contribution in [2.75, 3.05) is 0 Å². The van der Waals surface area contributed by atoms with Gasteiger partial charge in [-0.15, -0.1) is 0 Å². The van der Waals surface area contributed by atoms with Crippen LogP contribution >= 0.6 is 0 Å². The highest BCUT2D eigenvalue weighted by Gasteiger charge is 1.79. The molecule has 0 rings (SSSR count). The lowest BCUT2D eigenvalue weighted by Gasteiger charge is -1.79. The van der Waals surface area contributed by atoms with E-state index in [0.717, 1.165) is 18.9 Å². The summed E-state index contributed by atoms with van der Waals surface area (Å²) in [5.41, 5.74) is 0. The van der Waals surface area contributed by atoms with Gasteiger partial charge in [0.15, 0.2) is 0 Å². The fraction of sp³-hybridized carbons (Fsp3) is 0.300. The Kier molecular flexibility index (Phi) is 6.94. The van der Waals surface area contributed by atoms with Gasteiger partial charge in [0, 0.05) is 6.08 Å². The lowest BCUT2D eigenvalue weighted by Crippen LogP contribution is -1.84. The van der Waals surface area contributed by atoms with Crippen LogP contribution in [0.3, 0.4) is 0 Å². The molecule has 0 aliphatic rings. The molecule has 12 heavy (non-hydrogen) atoms. The summed E-state index contributed by atoms with van der Waals surface area (Å²) in [5.74, 6) is -0.913. The van der Waals surface area contributed by atoms with Crippen LogP contribution in [0.15, 0.2) is 36.5 Å². The number of carboxylic acid groups (broad SMARTS) is 1. The Hall–Kier alpha value is -1.31. The summed E-state index contributed by atoms with van der Waals surface area (Å²) in [5, 5.41) is 8.22. The minimum Gasteiger partial charge on any atom is -0.478 e. The lowest BCUT2D eigenvalue weighted by atomic mass is 10.3. The number of aliphatic carboxylic acids is 1. The summed E-state index contributed by atoms with van der Waals surface area (Å²) < 4.78 is 0. The van der Waals surface area contributed by atoms with Gasteiger partial charge >= 0.3 is 5.97 Å². The van der Waals surface area contributed by atoms with E-state index in [-0.39, 0.29) is 0 Å². The molecule has 0 unspecified atom stereocenters. The predicted molar refractivity (Wildman–Crippen MR) is 50.0 cm³/mol. The SMILES string of the molecule is CCC=CCC=C/C=C\C(=O)O. The van der Waals surface area contributed by atoms with Crippen molar-refractivity contribution in [1.29, 1.82) is 0 Å². The Balaban J connectivity index is 3.50. The zero-order valence-electron chi connectivity index (χ0n) is 7.23. The molecule has 0 aliphatic carbocycles. The Morgan fingerprint density at radius 2 is 2.00 bits per heavy atom. The molecule has 0 atom stereocenters. The second-order valence-electron chi connectivity index (χ2n) is 2.24. The molecule has 0 saturated heterocycles. The summed E-state index contributed by atoms with van der Waals surface area (Å²) >= 11 is 0. The standard InChI is InChI=1S/C10H14O2/c1-2-3-4-5-6-7-8-9-10(11)12/h3-4,6-9H,2,5H2,1H3,(H,11,12)/b4-3?,7-6?,9-8-. The quantitative estimate of drug-likeness (QED) is 0.387. The van der Waals surface area contributed by atoms with Gasteiger partial charge in [-0.2, -0.15) is 0 Å². The van der Waals surface area contributed by atoms with Crippen molar-refractivity contribution in [3.8, 4) is 0 Å². The van der Waals surface area contributed by atoms with Crippen LogP contribution in [0.5, 0.6) is 0 Å². The van der Waals surface area contributed by atoms with E-state index in [1.54, 1.807) is 6.08 Å². The number of rotatable bonds is 5. The normalized spacial score (nSPS) is 12.1. The van der Waals surface area contributed by atoms with Gasteiger partial charge in [0.05, 0.1) is 0 Å². The average molecular weight is 166 g/mol. The molecule has 2 nitrogen and oxygen atoms in total. The number of carboxylic acids is 1. The van der Waals surface area contributed by atoms with Gasteiger partial charge in [-0.1, -0.05) is 37.3 Å².